The molecule has 4 heterocycles. The fraction of sp³-hybridized carbons (Fsp3) is 0.222. The van der Waals surface area contributed by atoms with Crippen molar-refractivity contribution in [3.63, 3.8) is 0 Å². The van der Waals surface area contributed by atoms with Gasteiger partial charge in [-0.2, -0.15) is 4.39 Å². The molecule has 0 aromatic carbocycles. The van der Waals surface area contributed by atoms with Gasteiger partial charge in [-0.1, -0.05) is 11.2 Å². The highest BCUT2D eigenvalue weighted by atomic mass is 19.1. The number of hydrogen-bond donors (Lipinski definition) is 2. The third kappa shape index (κ3) is 2.59. The number of anilines is 1. The van der Waals surface area contributed by atoms with Crippen LogP contribution in [-0.2, 0) is 0 Å². The summed E-state index contributed by atoms with van der Waals surface area (Å²) in [6, 6.07) is 7.28. The van der Waals surface area contributed by atoms with Crippen molar-refractivity contribution in [1.82, 2.24) is 25.1 Å². The van der Waals surface area contributed by atoms with Crippen molar-refractivity contribution < 1.29 is 8.81 Å². The van der Waals surface area contributed by atoms with Gasteiger partial charge in [0.05, 0.1) is 11.6 Å². The number of pyridine rings is 2. The molecule has 4 aromatic heterocycles. The van der Waals surface area contributed by atoms with E-state index in [1.165, 1.54) is 6.20 Å². The first-order valence-electron chi connectivity index (χ1n) is 8.42. The highest BCUT2D eigenvalue weighted by Crippen LogP contribution is 2.43. The Hall–Kier alpha value is -3.29. The Balaban J connectivity index is 1.45. The predicted octanol–water partition coefficient (Wildman–Crippen LogP) is 3.71. The second-order valence-electron chi connectivity index (χ2n) is 6.36. The highest BCUT2D eigenvalue weighted by Gasteiger charge is 2.35. The molecular formula is C18H15FN6O. The van der Waals surface area contributed by atoms with Gasteiger partial charge in [-0.05, 0) is 37.0 Å². The number of hydrogen-bond acceptors (Lipinski definition) is 6. The second-order valence-corrected chi connectivity index (χ2v) is 6.36. The Kier molecular flexibility index (Phi) is 3.41. The molecule has 130 valence electrons. The summed E-state index contributed by atoms with van der Waals surface area (Å²) in [5.74, 6) is 0.244. The number of aromatic amines is 1. The Bertz CT molecular complexity index is 1070. The normalized spacial score (nSPS) is 15.3. The van der Waals surface area contributed by atoms with E-state index >= 15 is 0 Å². The molecule has 0 spiro atoms. The minimum Gasteiger partial charge on any atom is -0.403 e. The van der Waals surface area contributed by atoms with Gasteiger partial charge < -0.3 is 14.7 Å². The average Bonchev–Trinajstić information content (AvgIpc) is 3.25. The number of halogens is 1. The molecule has 0 unspecified atom stereocenters. The van der Waals surface area contributed by atoms with Gasteiger partial charge in [0.15, 0.2) is 0 Å². The molecule has 5 rings (SSSR count). The van der Waals surface area contributed by atoms with Crippen LogP contribution in [0.4, 0.5) is 10.4 Å². The van der Waals surface area contributed by atoms with Crippen LogP contribution in [0.1, 0.15) is 24.4 Å². The Morgan fingerprint density at radius 2 is 2.00 bits per heavy atom. The van der Waals surface area contributed by atoms with Gasteiger partial charge in [-0.15, -0.1) is 5.10 Å². The number of nitrogens with zero attached hydrogens (tertiary/aromatic N) is 4. The first-order chi connectivity index (χ1) is 12.8. The van der Waals surface area contributed by atoms with Crippen molar-refractivity contribution in [3.8, 4) is 11.5 Å². The van der Waals surface area contributed by atoms with Gasteiger partial charge >= 0.3 is 6.01 Å². The van der Waals surface area contributed by atoms with Crippen molar-refractivity contribution in [2.24, 2.45) is 5.92 Å². The number of fused-ring (bicyclic) bond motifs is 1. The molecule has 1 atom stereocenters. The van der Waals surface area contributed by atoms with Gasteiger partial charge in [0, 0.05) is 29.5 Å². The molecule has 0 aliphatic heterocycles. The van der Waals surface area contributed by atoms with Gasteiger partial charge in [0.1, 0.15) is 5.65 Å². The molecule has 1 aliphatic rings. The highest BCUT2D eigenvalue weighted by molar-refractivity contribution is 5.90. The monoisotopic (exact) mass is 350 g/mol. The van der Waals surface area contributed by atoms with Gasteiger partial charge in [0.25, 0.3) is 5.89 Å². The fourth-order valence-electron chi connectivity index (χ4n) is 3.17. The summed E-state index contributed by atoms with van der Waals surface area (Å²) in [4.78, 5) is 11.1. The van der Waals surface area contributed by atoms with Crippen molar-refractivity contribution in [2.45, 2.75) is 18.9 Å². The standard InChI is InChI=1S/C18H15FN6O/c19-15-12(4-2-7-20-15)14(10-5-6-10)23-18-25-24-17(26-18)13-9-22-16-11(13)3-1-8-21-16/h1-4,7-10,14H,5-6H2,(H,21,22)(H,23,25)/t14-/m1/s1. The van der Waals surface area contributed by atoms with Gasteiger partial charge in [0.2, 0.25) is 5.95 Å². The number of H-pyrrole nitrogens is 1. The summed E-state index contributed by atoms with van der Waals surface area (Å²) in [5.41, 5.74) is 2.05. The first-order valence-corrected chi connectivity index (χ1v) is 8.42. The van der Waals surface area contributed by atoms with Gasteiger partial charge in [-0.3, -0.25) is 0 Å². The minimum absolute atomic E-state index is 0.235. The van der Waals surface area contributed by atoms with E-state index in [0.717, 1.165) is 29.4 Å². The maximum absolute atomic E-state index is 14.1. The lowest BCUT2D eigenvalue weighted by molar-refractivity contribution is 0.519. The van der Waals surface area contributed by atoms with Crippen LogP contribution in [0.15, 0.2) is 47.3 Å². The molecule has 0 radical (unpaired) electrons. The lowest BCUT2D eigenvalue weighted by Gasteiger charge is -2.17. The van der Waals surface area contributed by atoms with Crippen molar-refractivity contribution in [3.05, 3.63) is 54.4 Å². The molecule has 0 saturated heterocycles. The van der Waals surface area contributed by atoms with E-state index in [2.05, 4.69) is 30.5 Å². The molecular weight excluding hydrogens is 335 g/mol. The molecule has 7 nitrogen and oxygen atoms in total. The Morgan fingerprint density at radius 1 is 1.15 bits per heavy atom. The molecule has 0 amide bonds. The van der Waals surface area contributed by atoms with E-state index in [0.29, 0.717) is 17.4 Å². The molecule has 4 aromatic rings. The van der Waals surface area contributed by atoms with Crippen LogP contribution >= 0.6 is 0 Å². The predicted molar refractivity (Wildman–Crippen MR) is 92.7 cm³/mol. The summed E-state index contributed by atoms with van der Waals surface area (Å²) < 4.78 is 19.9. The minimum atomic E-state index is -0.473. The van der Waals surface area contributed by atoms with Crippen LogP contribution in [-0.4, -0.2) is 25.1 Å². The van der Waals surface area contributed by atoms with Crippen LogP contribution in [0.25, 0.3) is 22.5 Å². The summed E-state index contributed by atoms with van der Waals surface area (Å²) in [7, 11) is 0. The third-order valence-electron chi connectivity index (χ3n) is 4.60. The average molecular weight is 350 g/mol. The van der Waals surface area contributed by atoms with E-state index < -0.39 is 5.95 Å². The quantitative estimate of drug-likeness (QED) is 0.533. The lowest BCUT2D eigenvalue weighted by atomic mass is 10.0. The molecule has 2 N–H and O–H groups in total. The van der Waals surface area contributed by atoms with E-state index in [4.69, 9.17) is 4.42 Å². The third-order valence-corrected chi connectivity index (χ3v) is 4.60. The van der Waals surface area contributed by atoms with Crippen LogP contribution in [0.5, 0.6) is 0 Å². The number of aromatic nitrogens is 5. The molecule has 0 bridgehead atoms. The van der Waals surface area contributed by atoms with Crippen LogP contribution < -0.4 is 5.32 Å². The topological polar surface area (TPSA) is 92.5 Å². The van der Waals surface area contributed by atoms with Crippen molar-refractivity contribution >= 4 is 17.0 Å². The second kappa shape index (κ2) is 5.91. The van der Waals surface area contributed by atoms with Crippen LogP contribution in [0.2, 0.25) is 0 Å². The molecule has 1 fully saturated rings. The zero-order valence-corrected chi connectivity index (χ0v) is 13.7. The van der Waals surface area contributed by atoms with E-state index in [1.54, 1.807) is 24.5 Å². The summed E-state index contributed by atoms with van der Waals surface area (Å²) in [6.45, 7) is 0. The maximum Gasteiger partial charge on any atom is 0.316 e. The first kappa shape index (κ1) is 15.0. The SMILES string of the molecule is Fc1ncccc1[C@H](Nc1nnc(-c2c[nH]c3ncccc23)o1)C1CC1. The lowest BCUT2D eigenvalue weighted by Crippen LogP contribution is -2.15. The Labute approximate surface area is 147 Å². The largest absolute Gasteiger partial charge is 0.403 e. The van der Waals surface area contributed by atoms with Crippen molar-refractivity contribution in [1.29, 1.82) is 0 Å². The summed E-state index contributed by atoms with van der Waals surface area (Å²) >= 11 is 0. The van der Waals surface area contributed by atoms with Crippen molar-refractivity contribution in [2.75, 3.05) is 5.32 Å². The van der Waals surface area contributed by atoms with E-state index in [-0.39, 0.29) is 12.1 Å². The maximum atomic E-state index is 14.1. The molecule has 26 heavy (non-hydrogen) atoms. The fourth-order valence-corrected chi connectivity index (χ4v) is 3.17. The van der Waals surface area contributed by atoms with Crippen LogP contribution in [0.3, 0.4) is 0 Å². The molecule has 1 saturated carbocycles. The Morgan fingerprint density at radius 3 is 2.85 bits per heavy atom. The number of nitrogens with one attached hydrogen (secondary N) is 2. The number of rotatable bonds is 5. The van der Waals surface area contributed by atoms with Crippen LogP contribution in [0, 0.1) is 11.9 Å². The van der Waals surface area contributed by atoms with E-state index in [9.17, 15) is 4.39 Å². The molecule has 8 heteroatoms. The van der Waals surface area contributed by atoms with Gasteiger partial charge in [-0.25, -0.2) is 9.97 Å². The zero-order chi connectivity index (χ0) is 17.5. The summed E-state index contributed by atoms with van der Waals surface area (Å²) in [5, 5.41) is 12.3. The smallest absolute Gasteiger partial charge is 0.316 e. The van der Waals surface area contributed by atoms with E-state index in [1.807, 2.05) is 12.1 Å². The zero-order valence-electron chi connectivity index (χ0n) is 13.7. The molecule has 1 aliphatic carbocycles. The summed E-state index contributed by atoms with van der Waals surface area (Å²) in [6.07, 6.45) is 7.00.